The third kappa shape index (κ3) is 4.63. The van der Waals surface area contributed by atoms with Crippen molar-refractivity contribution in [3.8, 4) is 11.5 Å². The number of carboxylic acid groups (broad SMARTS) is 1. The maximum Gasteiger partial charge on any atom is 0.320 e. The van der Waals surface area contributed by atoms with E-state index >= 15 is 0 Å². The number of hydrogen-bond acceptors (Lipinski definition) is 5. The summed E-state index contributed by atoms with van der Waals surface area (Å²) in [6, 6.07) is 5.01. The van der Waals surface area contributed by atoms with E-state index in [2.05, 4.69) is 0 Å². The van der Waals surface area contributed by atoms with Crippen LogP contribution >= 0.6 is 0 Å². The van der Waals surface area contributed by atoms with Crippen LogP contribution in [0.5, 0.6) is 11.5 Å². The molecule has 1 atom stereocenters. The number of nitrogens with zero attached hydrogens (tertiary/aromatic N) is 2. The number of carboxylic acids is 1. The SMILES string of the molecule is CCN(Cc1ccc(OC)c(OC)c1)C(=O)CN1CCCC1C(=O)O. The lowest BCUT2D eigenvalue weighted by atomic mass is 10.2. The van der Waals surface area contributed by atoms with Gasteiger partial charge < -0.3 is 19.5 Å². The van der Waals surface area contributed by atoms with Crippen LogP contribution in [0.25, 0.3) is 0 Å². The molecule has 1 aliphatic heterocycles. The summed E-state index contributed by atoms with van der Waals surface area (Å²) in [6.45, 7) is 3.70. The highest BCUT2D eigenvalue weighted by Gasteiger charge is 2.32. The molecule has 0 aliphatic carbocycles. The van der Waals surface area contributed by atoms with Gasteiger partial charge in [0.15, 0.2) is 11.5 Å². The number of carbonyl (C=O) groups is 2. The Hall–Kier alpha value is -2.28. The van der Waals surface area contributed by atoms with Crippen molar-refractivity contribution in [2.45, 2.75) is 32.4 Å². The lowest BCUT2D eigenvalue weighted by Crippen LogP contribution is -2.44. The van der Waals surface area contributed by atoms with Gasteiger partial charge in [-0.05, 0) is 44.0 Å². The van der Waals surface area contributed by atoms with Crippen molar-refractivity contribution >= 4 is 11.9 Å². The zero-order valence-corrected chi connectivity index (χ0v) is 15.0. The number of benzene rings is 1. The minimum Gasteiger partial charge on any atom is -0.493 e. The maximum atomic E-state index is 12.6. The summed E-state index contributed by atoms with van der Waals surface area (Å²) in [5.74, 6) is 0.342. The minimum absolute atomic E-state index is 0.0644. The first-order valence-corrected chi connectivity index (χ1v) is 8.45. The third-order valence-electron chi connectivity index (χ3n) is 4.54. The molecule has 1 saturated heterocycles. The summed E-state index contributed by atoms with van der Waals surface area (Å²) in [5, 5.41) is 9.24. The summed E-state index contributed by atoms with van der Waals surface area (Å²) in [5.41, 5.74) is 0.934. The predicted octanol–water partition coefficient (Wildman–Crippen LogP) is 1.60. The van der Waals surface area contributed by atoms with E-state index in [1.165, 1.54) is 0 Å². The molecule has 0 spiro atoms. The summed E-state index contributed by atoms with van der Waals surface area (Å²) in [6.07, 6.45) is 1.41. The van der Waals surface area contributed by atoms with Crippen LogP contribution in [0.3, 0.4) is 0 Å². The normalized spacial score (nSPS) is 17.3. The molecule has 7 heteroatoms. The van der Waals surface area contributed by atoms with Gasteiger partial charge in [-0.2, -0.15) is 0 Å². The fourth-order valence-corrected chi connectivity index (χ4v) is 3.14. The number of amides is 1. The van der Waals surface area contributed by atoms with Crippen LogP contribution in [-0.4, -0.2) is 66.7 Å². The first kappa shape index (κ1) is 19.1. The highest BCUT2D eigenvalue weighted by atomic mass is 16.5. The fraction of sp³-hybridized carbons (Fsp3) is 0.556. The second kappa shape index (κ2) is 8.71. The highest BCUT2D eigenvalue weighted by molar-refractivity contribution is 5.80. The maximum absolute atomic E-state index is 12.6. The average molecular weight is 350 g/mol. The van der Waals surface area contributed by atoms with E-state index < -0.39 is 12.0 Å². The molecular formula is C18H26N2O5. The Balaban J connectivity index is 2.04. The van der Waals surface area contributed by atoms with Gasteiger partial charge in [-0.3, -0.25) is 14.5 Å². The molecule has 1 N–H and O–H groups in total. The van der Waals surface area contributed by atoms with E-state index in [0.29, 0.717) is 37.6 Å². The minimum atomic E-state index is -0.853. The molecule has 25 heavy (non-hydrogen) atoms. The molecule has 2 rings (SSSR count). The first-order valence-electron chi connectivity index (χ1n) is 8.45. The van der Waals surface area contributed by atoms with E-state index in [-0.39, 0.29) is 12.5 Å². The molecule has 7 nitrogen and oxygen atoms in total. The monoisotopic (exact) mass is 350 g/mol. The van der Waals surface area contributed by atoms with Crippen molar-refractivity contribution in [1.29, 1.82) is 0 Å². The number of rotatable bonds is 8. The Morgan fingerprint density at radius 1 is 1.28 bits per heavy atom. The van der Waals surface area contributed by atoms with E-state index in [4.69, 9.17) is 9.47 Å². The quantitative estimate of drug-likeness (QED) is 0.767. The first-order chi connectivity index (χ1) is 12.0. The van der Waals surface area contributed by atoms with Gasteiger partial charge >= 0.3 is 5.97 Å². The second-order valence-electron chi connectivity index (χ2n) is 6.06. The smallest absolute Gasteiger partial charge is 0.320 e. The third-order valence-corrected chi connectivity index (χ3v) is 4.54. The van der Waals surface area contributed by atoms with Gasteiger partial charge in [0, 0.05) is 13.1 Å². The number of hydrogen-bond donors (Lipinski definition) is 1. The lowest BCUT2D eigenvalue weighted by Gasteiger charge is -2.26. The topological polar surface area (TPSA) is 79.3 Å². The molecule has 1 aromatic carbocycles. The molecule has 1 unspecified atom stereocenters. The summed E-state index contributed by atoms with van der Waals surface area (Å²) < 4.78 is 10.5. The number of likely N-dealkylation sites (N-methyl/N-ethyl adjacent to an activating group) is 1. The van der Waals surface area contributed by atoms with E-state index in [1.54, 1.807) is 24.0 Å². The lowest BCUT2D eigenvalue weighted by molar-refractivity contribution is -0.143. The van der Waals surface area contributed by atoms with Gasteiger partial charge in [0.05, 0.1) is 20.8 Å². The molecule has 0 saturated carbocycles. The largest absolute Gasteiger partial charge is 0.493 e. The van der Waals surface area contributed by atoms with Gasteiger partial charge in [0.2, 0.25) is 5.91 Å². The van der Waals surface area contributed by atoms with Crippen LogP contribution in [0.2, 0.25) is 0 Å². The Morgan fingerprint density at radius 3 is 2.60 bits per heavy atom. The Morgan fingerprint density at radius 2 is 2.00 bits per heavy atom. The Kier molecular flexibility index (Phi) is 6.64. The van der Waals surface area contributed by atoms with Crippen molar-refractivity contribution in [2.75, 3.05) is 33.9 Å². The van der Waals surface area contributed by atoms with E-state index in [0.717, 1.165) is 12.0 Å². The molecule has 1 heterocycles. The molecule has 138 valence electrons. The molecule has 0 radical (unpaired) electrons. The zero-order valence-electron chi connectivity index (χ0n) is 15.0. The van der Waals surface area contributed by atoms with Gasteiger partial charge in [-0.15, -0.1) is 0 Å². The standard InChI is InChI=1S/C18H26N2O5/c1-4-19(11-13-7-8-15(24-2)16(10-13)25-3)17(21)12-20-9-5-6-14(20)18(22)23/h7-8,10,14H,4-6,9,11-12H2,1-3H3,(H,22,23). The van der Waals surface area contributed by atoms with Crippen LogP contribution < -0.4 is 9.47 Å². The summed E-state index contributed by atoms with van der Waals surface area (Å²) >= 11 is 0. The second-order valence-corrected chi connectivity index (χ2v) is 6.06. The van der Waals surface area contributed by atoms with E-state index in [1.807, 2.05) is 25.1 Å². The molecular weight excluding hydrogens is 324 g/mol. The summed E-state index contributed by atoms with van der Waals surface area (Å²) in [4.78, 5) is 27.4. The van der Waals surface area contributed by atoms with Crippen molar-refractivity contribution < 1.29 is 24.2 Å². The highest BCUT2D eigenvalue weighted by Crippen LogP contribution is 2.28. The van der Waals surface area contributed by atoms with Crippen molar-refractivity contribution in [3.63, 3.8) is 0 Å². The zero-order chi connectivity index (χ0) is 18.4. The van der Waals surface area contributed by atoms with Gasteiger partial charge in [0.25, 0.3) is 0 Å². The van der Waals surface area contributed by atoms with E-state index in [9.17, 15) is 14.7 Å². The van der Waals surface area contributed by atoms with Crippen LogP contribution in [0, 0.1) is 0 Å². The van der Waals surface area contributed by atoms with Gasteiger partial charge in [-0.25, -0.2) is 0 Å². The van der Waals surface area contributed by atoms with Crippen LogP contribution in [-0.2, 0) is 16.1 Å². The number of ether oxygens (including phenoxy) is 2. The molecule has 1 fully saturated rings. The predicted molar refractivity (Wildman–Crippen MR) is 92.9 cm³/mol. The Bertz CT molecular complexity index is 619. The van der Waals surface area contributed by atoms with Crippen LogP contribution in [0.1, 0.15) is 25.3 Å². The number of likely N-dealkylation sites (tertiary alicyclic amines) is 1. The fourth-order valence-electron chi connectivity index (χ4n) is 3.14. The van der Waals surface area contributed by atoms with Crippen molar-refractivity contribution in [3.05, 3.63) is 23.8 Å². The molecule has 1 amide bonds. The molecule has 0 aromatic heterocycles. The Labute approximate surface area is 148 Å². The van der Waals surface area contributed by atoms with Crippen LogP contribution in [0.15, 0.2) is 18.2 Å². The summed E-state index contributed by atoms with van der Waals surface area (Å²) in [7, 11) is 3.15. The van der Waals surface area contributed by atoms with Gasteiger partial charge in [0.1, 0.15) is 6.04 Å². The average Bonchev–Trinajstić information content (AvgIpc) is 3.07. The number of carbonyl (C=O) groups excluding carboxylic acids is 1. The van der Waals surface area contributed by atoms with Crippen LogP contribution in [0.4, 0.5) is 0 Å². The molecule has 0 bridgehead atoms. The molecule has 1 aromatic rings. The van der Waals surface area contributed by atoms with Gasteiger partial charge in [-0.1, -0.05) is 6.07 Å². The number of methoxy groups -OCH3 is 2. The molecule has 1 aliphatic rings. The van der Waals surface area contributed by atoms with Crippen molar-refractivity contribution in [2.24, 2.45) is 0 Å². The van der Waals surface area contributed by atoms with Crippen molar-refractivity contribution in [1.82, 2.24) is 9.80 Å². The number of aliphatic carboxylic acids is 1.